The van der Waals surface area contributed by atoms with E-state index in [1.54, 1.807) is 18.3 Å². The van der Waals surface area contributed by atoms with E-state index >= 15 is 0 Å². The smallest absolute Gasteiger partial charge is 0.227 e. The third kappa shape index (κ3) is 4.12. The number of rotatable bonds is 5. The summed E-state index contributed by atoms with van der Waals surface area (Å²) < 4.78 is 18.8. The Balaban J connectivity index is 1.67. The second-order valence-electron chi connectivity index (χ2n) is 6.55. The fraction of sp³-hybridized carbons (Fsp3) is 0.400. The van der Waals surface area contributed by atoms with E-state index in [0.29, 0.717) is 18.0 Å². The van der Waals surface area contributed by atoms with Crippen LogP contribution < -0.4 is 10.1 Å². The van der Waals surface area contributed by atoms with Gasteiger partial charge in [0.2, 0.25) is 5.91 Å². The van der Waals surface area contributed by atoms with Crippen molar-refractivity contribution in [3.05, 3.63) is 53.5 Å². The van der Waals surface area contributed by atoms with Gasteiger partial charge in [0, 0.05) is 32.3 Å². The van der Waals surface area contributed by atoms with Crippen molar-refractivity contribution in [2.75, 3.05) is 32.6 Å². The van der Waals surface area contributed by atoms with E-state index in [0.717, 1.165) is 25.2 Å². The average molecular weight is 357 g/mol. The highest BCUT2D eigenvalue weighted by Gasteiger charge is 2.25. The van der Waals surface area contributed by atoms with Crippen LogP contribution in [0.4, 0.5) is 10.2 Å². The fourth-order valence-corrected chi connectivity index (χ4v) is 3.42. The molecule has 0 aliphatic carbocycles. The first-order chi connectivity index (χ1) is 12.6. The normalized spacial score (nSPS) is 17.0. The Labute approximate surface area is 153 Å². The predicted molar refractivity (Wildman–Crippen MR) is 99.0 cm³/mol. The van der Waals surface area contributed by atoms with Crippen LogP contribution in [0.5, 0.6) is 5.75 Å². The first-order valence-electron chi connectivity index (χ1n) is 8.84. The molecule has 1 amide bonds. The van der Waals surface area contributed by atoms with Gasteiger partial charge < -0.3 is 15.0 Å². The molecule has 1 aliphatic rings. The van der Waals surface area contributed by atoms with E-state index in [1.165, 1.54) is 18.7 Å². The van der Waals surface area contributed by atoms with Gasteiger partial charge in [0.05, 0.1) is 13.5 Å². The zero-order valence-corrected chi connectivity index (χ0v) is 15.2. The van der Waals surface area contributed by atoms with Crippen LogP contribution in [-0.4, -0.2) is 43.0 Å². The van der Waals surface area contributed by atoms with E-state index in [4.69, 9.17) is 4.74 Å². The first-order valence-corrected chi connectivity index (χ1v) is 8.84. The summed E-state index contributed by atoms with van der Waals surface area (Å²) in [4.78, 5) is 18.8. The maximum atomic E-state index is 13.8. The van der Waals surface area contributed by atoms with Gasteiger partial charge in [-0.15, -0.1) is 0 Å². The SMILES string of the molecule is CNc1cc([C@H]2CCCN(C(=O)Cc3ccc(OC)c(F)c3)C2)ccn1. The number of hydrogen-bond donors (Lipinski definition) is 1. The molecule has 5 nitrogen and oxygen atoms in total. The summed E-state index contributed by atoms with van der Waals surface area (Å²) in [7, 11) is 3.27. The maximum Gasteiger partial charge on any atom is 0.227 e. The summed E-state index contributed by atoms with van der Waals surface area (Å²) in [6.07, 6.45) is 4.01. The zero-order chi connectivity index (χ0) is 18.5. The molecule has 0 radical (unpaired) electrons. The Hall–Kier alpha value is -2.63. The molecular weight excluding hydrogens is 333 g/mol. The van der Waals surface area contributed by atoms with Crippen LogP contribution in [0.25, 0.3) is 0 Å². The number of ether oxygens (including phenoxy) is 1. The average Bonchev–Trinajstić information content (AvgIpc) is 2.68. The van der Waals surface area contributed by atoms with Crippen molar-refractivity contribution in [1.82, 2.24) is 9.88 Å². The van der Waals surface area contributed by atoms with Crippen molar-refractivity contribution in [2.24, 2.45) is 0 Å². The lowest BCUT2D eigenvalue weighted by molar-refractivity contribution is -0.131. The summed E-state index contributed by atoms with van der Waals surface area (Å²) in [5, 5.41) is 3.05. The number of piperidine rings is 1. The highest BCUT2D eigenvalue weighted by Crippen LogP contribution is 2.28. The van der Waals surface area contributed by atoms with E-state index in [2.05, 4.69) is 10.3 Å². The quantitative estimate of drug-likeness (QED) is 0.893. The molecule has 2 heterocycles. The van der Waals surface area contributed by atoms with E-state index < -0.39 is 5.82 Å². The number of likely N-dealkylation sites (tertiary alicyclic amines) is 1. The lowest BCUT2D eigenvalue weighted by Gasteiger charge is -2.33. The number of nitrogens with zero attached hydrogens (tertiary/aromatic N) is 2. The van der Waals surface area contributed by atoms with E-state index in [9.17, 15) is 9.18 Å². The number of anilines is 1. The lowest BCUT2D eigenvalue weighted by Crippen LogP contribution is -2.40. The Morgan fingerprint density at radius 2 is 2.23 bits per heavy atom. The van der Waals surface area contributed by atoms with Gasteiger partial charge in [-0.05, 0) is 48.2 Å². The summed E-state index contributed by atoms with van der Waals surface area (Å²) >= 11 is 0. The van der Waals surface area contributed by atoms with Crippen LogP contribution >= 0.6 is 0 Å². The number of pyridine rings is 1. The maximum absolute atomic E-state index is 13.8. The molecule has 1 aromatic heterocycles. The van der Waals surface area contributed by atoms with Gasteiger partial charge in [-0.2, -0.15) is 0 Å². The molecule has 1 fully saturated rings. The van der Waals surface area contributed by atoms with Crippen LogP contribution in [0.3, 0.4) is 0 Å². The predicted octanol–water partition coefficient (Wildman–Crippen LogP) is 3.22. The molecule has 6 heteroatoms. The topological polar surface area (TPSA) is 54.5 Å². The highest BCUT2D eigenvalue weighted by molar-refractivity contribution is 5.79. The fourth-order valence-electron chi connectivity index (χ4n) is 3.42. The van der Waals surface area contributed by atoms with Crippen molar-refractivity contribution >= 4 is 11.7 Å². The molecule has 1 aliphatic heterocycles. The van der Waals surface area contributed by atoms with Gasteiger partial charge in [0.25, 0.3) is 0 Å². The van der Waals surface area contributed by atoms with Gasteiger partial charge in [-0.3, -0.25) is 4.79 Å². The molecule has 138 valence electrons. The summed E-state index contributed by atoms with van der Waals surface area (Å²) in [5.41, 5.74) is 1.86. The molecule has 3 rings (SSSR count). The van der Waals surface area contributed by atoms with Gasteiger partial charge in [0.15, 0.2) is 11.6 Å². The minimum Gasteiger partial charge on any atom is -0.494 e. The Morgan fingerprint density at radius 3 is 2.96 bits per heavy atom. The van der Waals surface area contributed by atoms with Crippen LogP contribution in [0.15, 0.2) is 36.5 Å². The molecule has 26 heavy (non-hydrogen) atoms. The summed E-state index contributed by atoms with van der Waals surface area (Å²) in [6.45, 7) is 1.43. The lowest BCUT2D eigenvalue weighted by atomic mass is 9.91. The minimum absolute atomic E-state index is 0.0298. The number of aromatic nitrogens is 1. The van der Waals surface area contributed by atoms with Crippen LogP contribution in [-0.2, 0) is 11.2 Å². The Kier molecular flexibility index (Phi) is 5.71. The Bertz CT molecular complexity index is 781. The molecule has 1 atom stereocenters. The van der Waals surface area contributed by atoms with Gasteiger partial charge in [0.1, 0.15) is 5.82 Å². The number of hydrogen-bond acceptors (Lipinski definition) is 4. The van der Waals surface area contributed by atoms with Gasteiger partial charge in [-0.25, -0.2) is 9.37 Å². The van der Waals surface area contributed by atoms with Gasteiger partial charge >= 0.3 is 0 Å². The van der Waals surface area contributed by atoms with Crippen molar-refractivity contribution < 1.29 is 13.9 Å². The summed E-state index contributed by atoms with van der Waals surface area (Å²) in [6, 6.07) is 8.73. The molecule has 1 aromatic carbocycles. The molecule has 0 bridgehead atoms. The molecule has 0 saturated carbocycles. The monoisotopic (exact) mass is 357 g/mol. The molecule has 0 unspecified atom stereocenters. The number of methoxy groups -OCH3 is 1. The largest absolute Gasteiger partial charge is 0.494 e. The number of nitrogens with one attached hydrogen (secondary N) is 1. The number of carbonyl (C=O) groups excluding carboxylic acids is 1. The number of amides is 1. The first kappa shape index (κ1) is 18.2. The molecule has 1 saturated heterocycles. The van der Waals surface area contributed by atoms with Crippen molar-refractivity contribution in [3.8, 4) is 5.75 Å². The molecule has 1 N–H and O–H groups in total. The van der Waals surface area contributed by atoms with E-state index in [-0.39, 0.29) is 18.1 Å². The van der Waals surface area contributed by atoms with Crippen molar-refractivity contribution in [2.45, 2.75) is 25.2 Å². The zero-order valence-electron chi connectivity index (χ0n) is 15.2. The van der Waals surface area contributed by atoms with Crippen LogP contribution in [0.1, 0.15) is 29.9 Å². The van der Waals surface area contributed by atoms with E-state index in [1.807, 2.05) is 24.1 Å². The third-order valence-corrected chi connectivity index (χ3v) is 4.86. The standard InChI is InChI=1S/C20H24FN3O2/c1-22-19-12-15(7-8-23-19)16-4-3-9-24(13-16)20(25)11-14-5-6-18(26-2)17(21)10-14/h5-8,10,12,16H,3-4,9,11,13H2,1-2H3,(H,22,23)/t16-/m0/s1. The highest BCUT2D eigenvalue weighted by atomic mass is 19.1. The third-order valence-electron chi connectivity index (χ3n) is 4.86. The number of halogens is 1. The second-order valence-corrected chi connectivity index (χ2v) is 6.55. The Morgan fingerprint density at radius 1 is 1.38 bits per heavy atom. The van der Waals surface area contributed by atoms with Crippen LogP contribution in [0.2, 0.25) is 0 Å². The minimum atomic E-state index is -0.439. The number of benzene rings is 1. The van der Waals surface area contributed by atoms with Crippen molar-refractivity contribution in [1.29, 1.82) is 0 Å². The number of carbonyl (C=O) groups is 1. The summed E-state index contributed by atoms with van der Waals surface area (Å²) in [5.74, 6) is 0.917. The molecule has 2 aromatic rings. The van der Waals surface area contributed by atoms with Gasteiger partial charge in [-0.1, -0.05) is 6.07 Å². The van der Waals surface area contributed by atoms with Crippen LogP contribution in [0, 0.1) is 5.82 Å². The van der Waals surface area contributed by atoms with Crippen molar-refractivity contribution in [3.63, 3.8) is 0 Å². The molecular formula is C20H24FN3O2. The second kappa shape index (κ2) is 8.17. The molecule has 0 spiro atoms.